The van der Waals surface area contributed by atoms with E-state index in [1.165, 1.54) is 12.8 Å². The number of amides is 1. The molecule has 23 heavy (non-hydrogen) atoms. The summed E-state index contributed by atoms with van der Waals surface area (Å²) in [5.41, 5.74) is -0.261. The Labute approximate surface area is 138 Å². The Kier molecular flexibility index (Phi) is 3.71. The van der Waals surface area contributed by atoms with Gasteiger partial charge in [0, 0.05) is 31.0 Å². The van der Waals surface area contributed by atoms with Crippen LogP contribution in [-0.2, 0) is 11.3 Å². The lowest BCUT2D eigenvalue weighted by Crippen LogP contribution is -2.61. The molecule has 1 aliphatic carbocycles. The summed E-state index contributed by atoms with van der Waals surface area (Å²) >= 11 is 0. The van der Waals surface area contributed by atoms with Crippen LogP contribution >= 0.6 is 0 Å². The first-order valence-electron chi connectivity index (χ1n) is 9.20. The maximum Gasteiger partial charge on any atom is 0.243 e. The van der Waals surface area contributed by atoms with E-state index in [2.05, 4.69) is 39.4 Å². The summed E-state index contributed by atoms with van der Waals surface area (Å²) in [5, 5.41) is 0. The molecule has 1 amide bonds. The van der Waals surface area contributed by atoms with Gasteiger partial charge in [0.05, 0.1) is 6.54 Å². The van der Waals surface area contributed by atoms with Gasteiger partial charge in [-0.05, 0) is 58.9 Å². The van der Waals surface area contributed by atoms with E-state index >= 15 is 0 Å². The van der Waals surface area contributed by atoms with Crippen molar-refractivity contribution in [2.75, 3.05) is 13.1 Å². The van der Waals surface area contributed by atoms with Crippen LogP contribution in [-0.4, -0.2) is 49.9 Å². The van der Waals surface area contributed by atoms with Crippen LogP contribution in [0.4, 0.5) is 0 Å². The predicted molar refractivity (Wildman–Crippen MR) is 89.0 cm³/mol. The third-order valence-electron chi connectivity index (χ3n) is 5.92. The van der Waals surface area contributed by atoms with Crippen LogP contribution < -0.4 is 0 Å². The fraction of sp³-hybridized carbons (Fsp3) is 0.778. The third-order valence-corrected chi connectivity index (χ3v) is 5.92. The third kappa shape index (κ3) is 2.49. The number of rotatable bonds is 4. The molecule has 2 saturated heterocycles. The minimum atomic E-state index is -0.261. The summed E-state index contributed by atoms with van der Waals surface area (Å²) in [5.74, 6) is 1.50. The molecular weight excluding hydrogens is 288 g/mol. The molecule has 1 spiro atoms. The SMILES string of the molecule is CC(C)N1CCCC2(CCCN2Cc2nccn2C2CC2)C1=O. The van der Waals surface area contributed by atoms with Crippen molar-refractivity contribution in [2.24, 2.45) is 0 Å². The second-order valence-electron chi connectivity index (χ2n) is 7.73. The summed E-state index contributed by atoms with van der Waals surface area (Å²) in [6.07, 6.45) is 10.8. The first-order valence-corrected chi connectivity index (χ1v) is 9.20. The highest BCUT2D eigenvalue weighted by Gasteiger charge is 2.51. The van der Waals surface area contributed by atoms with E-state index in [0.717, 1.165) is 51.1 Å². The molecule has 0 N–H and O–H groups in total. The standard InChI is InChI=1S/C18H28N4O/c1-14(2)21-11-4-8-18(17(21)23)7-3-10-20(18)13-16-19-9-12-22(16)15-5-6-15/h9,12,14-15H,3-8,10-11,13H2,1-2H3. The number of hydrogen-bond acceptors (Lipinski definition) is 3. The van der Waals surface area contributed by atoms with E-state index in [1.54, 1.807) is 0 Å². The molecule has 5 heteroatoms. The normalized spacial score (nSPS) is 29.2. The van der Waals surface area contributed by atoms with Crippen LogP contribution in [0.3, 0.4) is 0 Å². The molecule has 1 saturated carbocycles. The highest BCUT2D eigenvalue weighted by atomic mass is 16.2. The summed E-state index contributed by atoms with van der Waals surface area (Å²) in [7, 11) is 0. The average molecular weight is 316 g/mol. The van der Waals surface area contributed by atoms with Crippen molar-refractivity contribution < 1.29 is 4.79 Å². The summed E-state index contributed by atoms with van der Waals surface area (Å²) in [4.78, 5) is 22.3. The van der Waals surface area contributed by atoms with Gasteiger partial charge in [0.15, 0.2) is 0 Å². The molecule has 0 bridgehead atoms. The molecule has 5 nitrogen and oxygen atoms in total. The van der Waals surface area contributed by atoms with Crippen LogP contribution in [0.15, 0.2) is 12.4 Å². The largest absolute Gasteiger partial charge is 0.339 e. The Morgan fingerprint density at radius 1 is 1.26 bits per heavy atom. The van der Waals surface area contributed by atoms with Crippen LogP contribution in [0.5, 0.6) is 0 Å². The molecular formula is C18H28N4O. The number of aromatic nitrogens is 2. The van der Waals surface area contributed by atoms with Gasteiger partial charge in [-0.2, -0.15) is 0 Å². The summed E-state index contributed by atoms with van der Waals surface area (Å²) < 4.78 is 2.33. The van der Waals surface area contributed by atoms with Crippen LogP contribution in [0.25, 0.3) is 0 Å². The zero-order valence-corrected chi connectivity index (χ0v) is 14.4. The number of likely N-dealkylation sites (tertiary alicyclic amines) is 2. The molecule has 3 fully saturated rings. The van der Waals surface area contributed by atoms with E-state index in [1.807, 2.05) is 6.20 Å². The molecule has 126 valence electrons. The Balaban J connectivity index is 1.58. The lowest BCUT2D eigenvalue weighted by atomic mass is 9.84. The smallest absolute Gasteiger partial charge is 0.243 e. The van der Waals surface area contributed by atoms with Crippen molar-refractivity contribution in [3.63, 3.8) is 0 Å². The van der Waals surface area contributed by atoms with E-state index < -0.39 is 0 Å². The summed E-state index contributed by atoms with van der Waals surface area (Å²) in [6.45, 7) is 7.03. The predicted octanol–water partition coefficient (Wildman–Crippen LogP) is 2.58. The molecule has 0 radical (unpaired) electrons. The average Bonchev–Trinajstić information content (AvgIpc) is 3.14. The van der Waals surface area contributed by atoms with Gasteiger partial charge < -0.3 is 9.47 Å². The first kappa shape index (κ1) is 15.2. The number of imidazole rings is 1. The van der Waals surface area contributed by atoms with Gasteiger partial charge in [0.1, 0.15) is 11.4 Å². The molecule has 0 aromatic carbocycles. The maximum atomic E-state index is 13.2. The van der Waals surface area contributed by atoms with Crippen LogP contribution in [0, 0.1) is 0 Å². The van der Waals surface area contributed by atoms with Crippen molar-refractivity contribution >= 4 is 5.91 Å². The van der Waals surface area contributed by atoms with Crippen molar-refractivity contribution in [1.29, 1.82) is 0 Å². The van der Waals surface area contributed by atoms with Crippen LogP contribution in [0.1, 0.15) is 64.2 Å². The minimum absolute atomic E-state index is 0.261. The van der Waals surface area contributed by atoms with Gasteiger partial charge in [-0.25, -0.2) is 4.98 Å². The lowest BCUT2D eigenvalue weighted by molar-refractivity contribution is -0.149. The Bertz CT molecular complexity index is 592. The Hall–Kier alpha value is -1.36. The van der Waals surface area contributed by atoms with Crippen molar-refractivity contribution in [2.45, 2.75) is 76.5 Å². The molecule has 2 aliphatic heterocycles. The van der Waals surface area contributed by atoms with Gasteiger partial charge >= 0.3 is 0 Å². The topological polar surface area (TPSA) is 41.4 Å². The Morgan fingerprint density at radius 3 is 2.70 bits per heavy atom. The van der Waals surface area contributed by atoms with Gasteiger partial charge in [0.25, 0.3) is 0 Å². The second kappa shape index (κ2) is 5.62. The fourth-order valence-corrected chi connectivity index (χ4v) is 4.52. The molecule has 3 aliphatic rings. The van der Waals surface area contributed by atoms with Gasteiger partial charge in [-0.3, -0.25) is 9.69 Å². The molecule has 3 heterocycles. The number of piperidine rings is 1. The van der Waals surface area contributed by atoms with E-state index in [0.29, 0.717) is 18.0 Å². The van der Waals surface area contributed by atoms with Crippen molar-refractivity contribution in [3.05, 3.63) is 18.2 Å². The number of carbonyl (C=O) groups excluding carboxylic acids is 1. The molecule has 1 aromatic heterocycles. The van der Waals surface area contributed by atoms with E-state index in [4.69, 9.17) is 0 Å². The number of nitrogens with zero attached hydrogens (tertiary/aromatic N) is 4. The monoisotopic (exact) mass is 316 g/mol. The van der Waals surface area contributed by atoms with Crippen LogP contribution in [0.2, 0.25) is 0 Å². The molecule has 1 unspecified atom stereocenters. The molecule has 1 atom stereocenters. The zero-order valence-electron chi connectivity index (χ0n) is 14.4. The molecule has 1 aromatic rings. The second-order valence-corrected chi connectivity index (χ2v) is 7.73. The van der Waals surface area contributed by atoms with Crippen molar-refractivity contribution in [1.82, 2.24) is 19.4 Å². The molecule has 4 rings (SSSR count). The highest BCUT2D eigenvalue weighted by Crippen LogP contribution is 2.41. The Morgan fingerprint density at radius 2 is 2.00 bits per heavy atom. The van der Waals surface area contributed by atoms with Crippen molar-refractivity contribution in [3.8, 4) is 0 Å². The zero-order chi connectivity index (χ0) is 16.0. The van der Waals surface area contributed by atoms with E-state index in [-0.39, 0.29) is 5.54 Å². The van der Waals surface area contributed by atoms with Gasteiger partial charge in [-0.1, -0.05) is 0 Å². The first-order chi connectivity index (χ1) is 11.1. The van der Waals surface area contributed by atoms with Gasteiger partial charge in [-0.15, -0.1) is 0 Å². The summed E-state index contributed by atoms with van der Waals surface area (Å²) in [6, 6.07) is 0.954. The fourth-order valence-electron chi connectivity index (χ4n) is 4.52. The number of carbonyl (C=O) groups is 1. The lowest BCUT2D eigenvalue weighted by Gasteiger charge is -2.46. The highest BCUT2D eigenvalue weighted by molar-refractivity contribution is 5.87. The maximum absolute atomic E-state index is 13.2. The number of hydrogen-bond donors (Lipinski definition) is 0. The quantitative estimate of drug-likeness (QED) is 0.857. The van der Waals surface area contributed by atoms with E-state index in [9.17, 15) is 4.79 Å². The van der Waals surface area contributed by atoms with Gasteiger partial charge in [0.2, 0.25) is 5.91 Å². The minimum Gasteiger partial charge on any atom is -0.339 e.